The molecule has 3 nitrogen and oxygen atoms in total. The molecule has 12 heavy (non-hydrogen) atoms. The van der Waals surface area contributed by atoms with Crippen LogP contribution in [0.1, 0.15) is 19.8 Å². The third-order valence-corrected chi connectivity index (χ3v) is 2.41. The highest BCUT2D eigenvalue weighted by Gasteiger charge is 2.21. The van der Waals surface area contributed by atoms with Crippen LogP contribution in [-0.2, 0) is 4.74 Å². The van der Waals surface area contributed by atoms with Crippen LogP contribution in [0, 0.1) is 0 Å². The van der Waals surface area contributed by atoms with Gasteiger partial charge in [-0.3, -0.25) is 0 Å². The minimum Gasteiger partial charge on any atom is -0.378 e. The van der Waals surface area contributed by atoms with Gasteiger partial charge in [0.15, 0.2) is 0 Å². The maximum Gasteiger partial charge on any atom is 0.0635 e. The summed E-state index contributed by atoms with van der Waals surface area (Å²) < 4.78 is 5.41. The molecule has 0 amide bonds. The molecule has 0 aromatic heterocycles. The summed E-state index contributed by atoms with van der Waals surface area (Å²) in [7, 11) is 2.02. The second kappa shape index (κ2) is 5.51. The van der Waals surface area contributed by atoms with Crippen LogP contribution in [0.4, 0.5) is 0 Å². The van der Waals surface area contributed by atoms with E-state index in [2.05, 4.69) is 17.6 Å². The molecule has 1 aliphatic rings. The van der Waals surface area contributed by atoms with Gasteiger partial charge in [0.1, 0.15) is 0 Å². The summed E-state index contributed by atoms with van der Waals surface area (Å²) in [5.41, 5.74) is 0. The highest BCUT2D eigenvalue weighted by Crippen LogP contribution is 2.05. The Labute approximate surface area is 74.9 Å². The molecule has 2 unspecified atom stereocenters. The maximum absolute atomic E-state index is 5.41. The number of ether oxygens (including phenoxy) is 1. The van der Waals surface area contributed by atoms with Crippen molar-refractivity contribution in [2.45, 2.75) is 31.8 Å². The molecule has 1 heterocycles. The van der Waals surface area contributed by atoms with E-state index in [0.29, 0.717) is 12.1 Å². The lowest BCUT2D eigenvalue weighted by molar-refractivity contribution is 0.0634. The molecule has 0 radical (unpaired) electrons. The summed E-state index contributed by atoms with van der Waals surface area (Å²) in [4.78, 5) is 0. The summed E-state index contributed by atoms with van der Waals surface area (Å²) in [6.07, 6.45) is 2.45. The zero-order valence-corrected chi connectivity index (χ0v) is 8.10. The predicted molar refractivity (Wildman–Crippen MR) is 50.4 cm³/mol. The van der Waals surface area contributed by atoms with Crippen LogP contribution < -0.4 is 10.6 Å². The summed E-state index contributed by atoms with van der Waals surface area (Å²) in [6.45, 7) is 4.92. The Kier molecular flexibility index (Phi) is 4.58. The van der Waals surface area contributed by atoms with Gasteiger partial charge in [0.2, 0.25) is 0 Å². The lowest BCUT2D eigenvalue weighted by atomic mass is 10.0. The van der Waals surface area contributed by atoms with E-state index in [0.717, 1.165) is 19.8 Å². The number of likely N-dealkylation sites (N-methyl/N-ethyl adjacent to an activating group) is 1. The van der Waals surface area contributed by atoms with Crippen molar-refractivity contribution >= 4 is 0 Å². The summed E-state index contributed by atoms with van der Waals surface area (Å²) in [5.74, 6) is 0. The average molecular weight is 172 g/mol. The predicted octanol–water partition coefficient (Wildman–Crippen LogP) is 0.363. The molecule has 0 aromatic rings. The fourth-order valence-corrected chi connectivity index (χ4v) is 1.70. The number of hydrogen-bond donors (Lipinski definition) is 2. The van der Waals surface area contributed by atoms with Crippen LogP contribution in [0.15, 0.2) is 0 Å². The van der Waals surface area contributed by atoms with E-state index < -0.39 is 0 Å². The summed E-state index contributed by atoms with van der Waals surface area (Å²) in [5, 5.41) is 6.80. The third kappa shape index (κ3) is 2.73. The van der Waals surface area contributed by atoms with E-state index in [4.69, 9.17) is 4.74 Å². The molecule has 1 aliphatic heterocycles. The minimum absolute atomic E-state index is 0.503. The Morgan fingerprint density at radius 1 is 1.67 bits per heavy atom. The SMILES string of the molecule is CCCC(NC)C1COCCN1. The third-order valence-electron chi connectivity index (χ3n) is 2.41. The molecule has 3 heteroatoms. The van der Waals surface area contributed by atoms with Crippen molar-refractivity contribution in [2.75, 3.05) is 26.8 Å². The van der Waals surface area contributed by atoms with E-state index in [-0.39, 0.29) is 0 Å². The van der Waals surface area contributed by atoms with Crippen LogP contribution >= 0.6 is 0 Å². The minimum atomic E-state index is 0.503. The number of hydrogen-bond acceptors (Lipinski definition) is 3. The Hall–Kier alpha value is -0.120. The van der Waals surface area contributed by atoms with E-state index >= 15 is 0 Å². The van der Waals surface area contributed by atoms with Gasteiger partial charge in [0, 0.05) is 18.6 Å². The molecular formula is C9H20N2O. The molecule has 2 atom stereocenters. The van der Waals surface area contributed by atoms with Crippen molar-refractivity contribution in [3.8, 4) is 0 Å². The van der Waals surface area contributed by atoms with Gasteiger partial charge < -0.3 is 15.4 Å². The normalized spacial score (nSPS) is 27.0. The first-order chi connectivity index (χ1) is 5.88. The van der Waals surface area contributed by atoms with Gasteiger partial charge in [-0.2, -0.15) is 0 Å². The molecule has 1 rings (SSSR count). The van der Waals surface area contributed by atoms with E-state index in [1.54, 1.807) is 0 Å². The van der Waals surface area contributed by atoms with Gasteiger partial charge in [0.25, 0.3) is 0 Å². The van der Waals surface area contributed by atoms with Gasteiger partial charge in [-0.15, -0.1) is 0 Å². The van der Waals surface area contributed by atoms with Crippen LogP contribution in [-0.4, -0.2) is 38.9 Å². The first-order valence-corrected chi connectivity index (χ1v) is 4.87. The van der Waals surface area contributed by atoms with Crippen LogP contribution in [0.2, 0.25) is 0 Å². The molecule has 2 N–H and O–H groups in total. The highest BCUT2D eigenvalue weighted by atomic mass is 16.5. The molecule has 0 spiro atoms. The molecular weight excluding hydrogens is 152 g/mol. The van der Waals surface area contributed by atoms with Crippen molar-refractivity contribution in [3.63, 3.8) is 0 Å². The van der Waals surface area contributed by atoms with Gasteiger partial charge in [-0.25, -0.2) is 0 Å². The largest absolute Gasteiger partial charge is 0.378 e. The zero-order valence-electron chi connectivity index (χ0n) is 8.10. The van der Waals surface area contributed by atoms with Crippen LogP contribution in [0.3, 0.4) is 0 Å². The Morgan fingerprint density at radius 2 is 2.50 bits per heavy atom. The van der Waals surface area contributed by atoms with Gasteiger partial charge >= 0.3 is 0 Å². The monoisotopic (exact) mass is 172 g/mol. The Balaban J connectivity index is 2.29. The number of nitrogens with one attached hydrogen (secondary N) is 2. The van der Waals surface area contributed by atoms with Crippen molar-refractivity contribution in [1.29, 1.82) is 0 Å². The number of morpholine rings is 1. The van der Waals surface area contributed by atoms with Crippen molar-refractivity contribution in [1.82, 2.24) is 10.6 Å². The molecule has 72 valence electrons. The van der Waals surface area contributed by atoms with Crippen molar-refractivity contribution < 1.29 is 4.74 Å². The van der Waals surface area contributed by atoms with Crippen LogP contribution in [0.25, 0.3) is 0 Å². The lowest BCUT2D eigenvalue weighted by Gasteiger charge is -2.30. The Morgan fingerprint density at radius 3 is 3.00 bits per heavy atom. The summed E-state index contributed by atoms with van der Waals surface area (Å²) in [6, 6.07) is 1.07. The van der Waals surface area contributed by atoms with Gasteiger partial charge in [-0.05, 0) is 13.5 Å². The zero-order chi connectivity index (χ0) is 8.81. The second-order valence-corrected chi connectivity index (χ2v) is 3.32. The van der Waals surface area contributed by atoms with E-state index in [9.17, 15) is 0 Å². The number of rotatable bonds is 4. The van der Waals surface area contributed by atoms with Crippen LogP contribution in [0.5, 0.6) is 0 Å². The molecule has 0 bridgehead atoms. The first kappa shape index (κ1) is 9.96. The summed E-state index contributed by atoms with van der Waals surface area (Å²) >= 11 is 0. The molecule has 0 saturated carbocycles. The molecule has 1 saturated heterocycles. The highest BCUT2D eigenvalue weighted by molar-refractivity contribution is 4.82. The fraction of sp³-hybridized carbons (Fsp3) is 1.00. The standard InChI is InChI=1S/C9H20N2O/c1-3-4-8(10-2)9-7-12-6-5-11-9/h8-11H,3-7H2,1-2H3. The maximum atomic E-state index is 5.41. The van der Waals surface area contributed by atoms with Gasteiger partial charge in [-0.1, -0.05) is 13.3 Å². The molecule has 1 fully saturated rings. The van der Waals surface area contributed by atoms with Crippen molar-refractivity contribution in [2.24, 2.45) is 0 Å². The topological polar surface area (TPSA) is 33.3 Å². The van der Waals surface area contributed by atoms with Gasteiger partial charge in [0.05, 0.1) is 13.2 Å². The average Bonchev–Trinajstić information content (AvgIpc) is 2.15. The lowest BCUT2D eigenvalue weighted by Crippen LogP contribution is -2.53. The molecule has 0 aliphatic carbocycles. The quantitative estimate of drug-likeness (QED) is 0.642. The second-order valence-electron chi connectivity index (χ2n) is 3.32. The molecule has 0 aromatic carbocycles. The van der Waals surface area contributed by atoms with Crippen molar-refractivity contribution in [3.05, 3.63) is 0 Å². The van der Waals surface area contributed by atoms with E-state index in [1.807, 2.05) is 7.05 Å². The first-order valence-electron chi connectivity index (χ1n) is 4.87. The van der Waals surface area contributed by atoms with E-state index in [1.165, 1.54) is 12.8 Å². The fourth-order valence-electron chi connectivity index (χ4n) is 1.70. The Bertz CT molecular complexity index is 110. The smallest absolute Gasteiger partial charge is 0.0635 e.